The van der Waals surface area contributed by atoms with Gasteiger partial charge in [-0.3, -0.25) is 4.79 Å². The standard InChI is InChI=1S/C13H19NO2/c14-10-13(6-2-1-3-7-13)12(15)9-11-5-4-8-16-11/h4-5,8H,1-3,6-7,9-10,14H2. The predicted octanol–water partition coefficient (Wildman–Crippen LogP) is 2.30. The fourth-order valence-corrected chi connectivity index (χ4v) is 2.58. The largest absolute Gasteiger partial charge is 0.469 e. The van der Waals surface area contributed by atoms with E-state index in [1.54, 1.807) is 6.26 Å². The maximum atomic E-state index is 12.3. The van der Waals surface area contributed by atoms with Gasteiger partial charge in [-0.05, 0) is 25.0 Å². The Kier molecular flexibility index (Phi) is 3.44. The van der Waals surface area contributed by atoms with Crippen molar-refractivity contribution >= 4 is 5.78 Å². The van der Waals surface area contributed by atoms with E-state index in [0.717, 1.165) is 31.4 Å². The number of hydrogen-bond acceptors (Lipinski definition) is 3. The highest BCUT2D eigenvalue weighted by molar-refractivity contribution is 5.86. The summed E-state index contributed by atoms with van der Waals surface area (Å²) in [5.41, 5.74) is 5.54. The van der Waals surface area contributed by atoms with Crippen molar-refractivity contribution in [3.8, 4) is 0 Å². The summed E-state index contributed by atoms with van der Waals surface area (Å²) < 4.78 is 5.22. The molecule has 1 aliphatic carbocycles. The van der Waals surface area contributed by atoms with E-state index in [1.807, 2.05) is 12.1 Å². The molecule has 0 aliphatic heterocycles. The van der Waals surface area contributed by atoms with Crippen molar-refractivity contribution in [1.82, 2.24) is 0 Å². The van der Waals surface area contributed by atoms with E-state index in [1.165, 1.54) is 6.42 Å². The molecule has 0 aromatic carbocycles. The highest BCUT2D eigenvalue weighted by Gasteiger charge is 2.37. The fourth-order valence-electron chi connectivity index (χ4n) is 2.58. The Hall–Kier alpha value is -1.09. The first-order valence-electron chi connectivity index (χ1n) is 6.03. The van der Waals surface area contributed by atoms with Gasteiger partial charge >= 0.3 is 0 Å². The third-order valence-corrected chi connectivity index (χ3v) is 3.71. The first-order valence-corrected chi connectivity index (χ1v) is 6.03. The number of hydrogen-bond donors (Lipinski definition) is 1. The molecule has 0 unspecified atom stereocenters. The number of nitrogens with two attached hydrogens (primary N) is 1. The van der Waals surface area contributed by atoms with E-state index in [4.69, 9.17) is 10.2 Å². The zero-order valence-electron chi connectivity index (χ0n) is 9.58. The molecule has 2 N–H and O–H groups in total. The van der Waals surface area contributed by atoms with Crippen LogP contribution in [0.3, 0.4) is 0 Å². The highest BCUT2D eigenvalue weighted by Crippen LogP contribution is 2.37. The number of furan rings is 1. The molecule has 0 saturated heterocycles. The van der Waals surface area contributed by atoms with E-state index >= 15 is 0 Å². The molecule has 16 heavy (non-hydrogen) atoms. The van der Waals surface area contributed by atoms with Crippen LogP contribution in [0.4, 0.5) is 0 Å². The molecule has 1 aromatic heterocycles. The number of rotatable bonds is 4. The maximum Gasteiger partial charge on any atom is 0.147 e. The Balaban J connectivity index is 2.06. The Bertz CT molecular complexity index is 337. The molecule has 0 spiro atoms. The third kappa shape index (κ3) is 2.19. The molecule has 1 fully saturated rings. The van der Waals surface area contributed by atoms with E-state index in [2.05, 4.69) is 0 Å². The first kappa shape index (κ1) is 11.4. The van der Waals surface area contributed by atoms with Gasteiger partial charge in [0.05, 0.1) is 12.7 Å². The molecule has 1 saturated carbocycles. The second kappa shape index (κ2) is 4.83. The van der Waals surface area contributed by atoms with Gasteiger partial charge in [-0.15, -0.1) is 0 Å². The Labute approximate surface area is 96.0 Å². The lowest BCUT2D eigenvalue weighted by Crippen LogP contribution is -2.41. The minimum Gasteiger partial charge on any atom is -0.469 e. The van der Waals surface area contributed by atoms with Crippen LogP contribution in [0.5, 0.6) is 0 Å². The van der Waals surface area contributed by atoms with Gasteiger partial charge in [0, 0.05) is 12.0 Å². The summed E-state index contributed by atoms with van der Waals surface area (Å²) in [7, 11) is 0. The molecule has 3 heteroatoms. The van der Waals surface area contributed by atoms with E-state index < -0.39 is 0 Å². The molecule has 2 rings (SSSR count). The summed E-state index contributed by atoms with van der Waals surface area (Å²) >= 11 is 0. The zero-order chi connectivity index (χ0) is 11.4. The molecule has 1 heterocycles. The zero-order valence-corrected chi connectivity index (χ0v) is 9.58. The Morgan fingerprint density at radius 3 is 2.69 bits per heavy atom. The second-order valence-corrected chi connectivity index (χ2v) is 4.72. The van der Waals surface area contributed by atoms with Crippen LogP contribution in [0.15, 0.2) is 22.8 Å². The Morgan fingerprint density at radius 2 is 2.12 bits per heavy atom. The van der Waals surface area contributed by atoms with Gasteiger partial charge in [0.1, 0.15) is 11.5 Å². The lowest BCUT2D eigenvalue weighted by molar-refractivity contribution is -0.129. The smallest absolute Gasteiger partial charge is 0.147 e. The van der Waals surface area contributed by atoms with Gasteiger partial charge in [-0.25, -0.2) is 0 Å². The second-order valence-electron chi connectivity index (χ2n) is 4.72. The molecule has 0 amide bonds. The van der Waals surface area contributed by atoms with Gasteiger partial charge in [0.15, 0.2) is 0 Å². The van der Waals surface area contributed by atoms with Crippen molar-refractivity contribution in [3.63, 3.8) is 0 Å². The Morgan fingerprint density at radius 1 is 1.38 bits per heavy atom. The summed E-state index contributed by atoms with van der Waals surface area (Å²) in [6.07, 6.45) is 7.38. The van der Waals surface area contributed by atoms with Gasteiger partial charge in [-0.1, -0.05) is 19.3 Å². The monoisotopic (exact) mass is 221 g/mol. The van der Waals surface area contributed by atoms with E-state index in [9.17, 15) is 4.79 Å². The van der Waals surface area contributed by atoms with Gasteiger partial charge in [-0.2, -0.15) is 0 Å². The third-order valence-electron chi connectivity index (χ3n) is 3.71. The maximum absolute atomic E-state index is 12.3. The number of carbonyl (C=O) groups is 1. The van der Waals surface area contributed by atoms with Gasteiger partial charge < -0.3 is 10.2 Å². The molecular formula is C13H19NO2. The average molecular weight is 221 g/mol. The summed E-state index contributed by atoms with van der Waals surface area (Å²) in [4.78, 5) is 12.3. The molecular weight excluding hydrogens is 202 g/mol. The van der Waals surface area contributed by atoms with Crippen molar-refractivity contribution in [2.24, 2.45) is 11.1 Å². The molecule has 0 atom stereocenters. The molecule has 0 bridgehead atoms. The highest BCUT2D eigenvalue weighted by atomic mass is 16.3. The summed E-state index contributed by atoms with van der Waals surface area (Å²) in [5, 5.41) is 0. The van der Waals surface area contributed by atoms with Crippen molar-refractivity contribution in [2.45, 2.75) is 38.5 Å². The first-order chi connectivity index (χ1) is 7.77. The van der Waals surface area contributed by atoms with Gasteiger partial charge in [0.2, 0.25) is 0 Å². The minimum atomic E-state index is -0.273. The van der Waals surface area contributed by atoms with Crippen LogP contribution in [-0.4, -0.2) is 12.3 Å². The molecule has 1 aromatic rings. The van der Waals surface area contributed by atoms with E-state index in [0.29, 0.717) is 13.0 Å². The lowest BCUT2D eigenvalue weighted by Gasteiger charge is -2.34. The van der Waals surface area contributed by atoms with Crippen molar-refractivity contribution in [1.29, 1.82) is 0 Å². The van der Waals surface area contributed by atoms with Crippen LogP contribution in [0.2, 0.25) is 0 Å². The molecule has 0 radical (unpaired) electrons. The molecule has 1 aliphatic rings. The number of carbonyl (C=O) groups excluding carboxylic acids is 1. The van der Waals surface area contributed by atoms with Crippen molar-refractivity contribution in [3.05, 3.63) is 24.2 Å². The number of Topliss-reactive ketones (excluding diaryl/α,β-unsaturated/α-hetero) is 1. The normalized spacial score (nSPS) is 19.6. The fraction of sp³-hybridized carbons (Fsp3) is 0.615. The van der Waals surface area contributed by atoms with Crippen LogP contribution in [-0.2, 0) is 11.2 Å². The van der Waals surface area contributed by atoms with Crippen molar-refractivity contribution < 1.29 is 9.21 Å². The quantitative estimate of drug-likeness (QED) is 0.848. The number of ketones is 1. The topological polar surface area (TPSA) is 56.2 Å². The van der Waals surface area contributed by atoms with Crippen LogP contribution in [0.1, 0.15) is 37.9 Å². The lowest BCUT2D eigenvalue weighted by atomic mass is 9.70. The van der Waals surface area contributed by atoms with Gasteiger partial charge in [0.25, 0.3) is 0 Å². The van der Waals surface area contributed by atoms with Crippen LogP contribution < -0.4 is 5.73 Å². The summed E-state index contributed by atoms with van der Waals surface area (Å²) in [6, 6.07) is 3.67. The van der Waals surface area contributed by atoms with Crippen LogP contribution in [0.25, 0.3) is 0 Å². The predicted molar refractivity (Wildman–Crippen MR) is 62.0 cm³/mol. The summed E-state index contributed by atoms with van der Waals surface area (Å²) in [6.45, 7) is 0.479. The SMILES string of the molecule is NCC1(C(=O)Cc2ccco2)CCCCC1. The van der Waals surface area contributed by atoms with Crippen molar-refractivity contribution in [2.75, 3.05) is 6.54 Å². The van der Waals surface area contributed by atoms with Crippen LogP contribution in [0, 0.1) is 5.41 Å². The summed E-state index contributed by atoms with van der Waals surface area (Å²) in [5.74, 6) is 1.01. The van der Waals surface area contributed by atoms with Crippen LogP contribution >= 0.6 is 0 Å². The van der Waals surface area contributed by atoms with E-state index in [-0.39, 0.29) is 11.2 Å². The average Bonchev–Trinajstić information content (AvgIpc) is 2.82. The minimum absolute atomic E-state index is 0.254. The molecule has 88 valence electrons. The molecule has 3 nitrogen and oxygen atoms in total.